The zero-order chi connectivity index (χ0) is 14.5. The Morgan fingerprint density at radius 1 is 1.05 bits per heavy atom. The Labute approximate surface area is 118 Å². The van der Waals surface area contributed by atoms with Gasteiger partial charge in [0.1, 0.15) is 17.3 Å². The van der Waals surface area contributed by atoms with Crippen molar-refractivity contribution in [2.45, 2.75) is 6.54 Å². The maximum Gasteiger partial charge on any atom is 0.131 e. The highest BCUT2D eigenvalue weighted by atomic mass is 19.1. The highest BCUT2D eigenvalue weighted by Gasteiger charge is 2.16. The van der Waals surface area contributed by atoms with E-state index in [-0.39, 0.29) is 5.82 Å². The topological polar surface area (TPSA) is 30.5 Å². The fraction of sp³-hybridized carbons (Fsp3) is 0.250. The summed E-state index contributed by atoms with van der Waals surface area (Å²) in [6.07, 6.45) is 0. The maximum atomic E-state index is 14.4. The van der Waals surface area contributed by atoms with Gasteiger partial charge < -0.3 is 14.8 Å². The van der Waals surface area contributed by atoms with Crippen LogP contribution in [0.2, 0.25) is 0 Å². The van der Waals surface area contributed by atoms with Gasteiger partial charge in [-0.15, -0.1) is 0 Å². The molecule has 0 aliphatic rings. The SMILES string of the molecule is CNCc1ccc(-c2c(OC)cccc2OC)c(F)c1. The number of hydrogen-bond acceptors (Lipinski definition) is 3. The Hall–Kier alpha value is -2.07. The van der Waals surface area contributed by atoms with Gasteiger partial charge in [0, 0.05) is 12.1 Å². The van der Waals surface area contributed by atoms with E-state index in [0.717, 1.165) is 5.56 Å². The van der Waals surface area contributed by atoms with Gasteiger partial charge in [-0.25, -0.2) is 4.39 Å². The minimum atomic E-state index is -0.291. The molecule has 2 rings (SSSR count). The van der Waals surface area contributed by atoms with Gasteiger partial charge in [0.15, 0.2) is 0 Å². The summed E-state index contributed by atoms with van der Waals surface area (Å²) in [7, 11) is 4.95. The highest BCUT2D eigenvalue weighted by Crippen LogP contribution is 2.39. The van der Waals surface area contributed by atoms with Crippen molar-refractivity contribution in [3.63, 3.8) is 0 Å². The van der Waals surface area contributed by atoms with E-state index in [1.54, 1.807) is 32.4 Å². The number of ether oxygens (including phenoxy) is 2. The molecule has 0 aromatic heterocycles. The van der Waals surface area contributed by atoms with Crippen LogP contribution in [0.1, 0.15) is 5.56 Å². The normalized spacial score (nSPS) is 10.4. The van der Waals surface area contributed by atoms with Gasteiger partial charge in [0.25, 0.3) is 0 Å². The summed E-state index contributed by atoms with van der Waals surface area (Å²) in [6, 6.07) is 10.6. The first kappa shape index (κ1) is 14.3. The molecule has 0 aliphatic carbocycles. The molecule has 3 nitrogen and oxygen atoms in total. The van der Waals surface area contributed by atoms with Gasteiger partial charge in [-0.2, -0.15) is 0 Å². The molecule has 2 aromatic rings. The third kappa shape index (κ3) is 2.75. The van der Waals surface area contributed by atoms with E-state index in [1.807, 2.05) is 19.2 Å². The van der Waals surface area contributed by atoms with Crippen LogP contribution in [0.25, 0.3) is 11.1 Å². The lowest BCUT2D eigenvalue weighted by Crippen LogP contribution is -2.05. The predicted molar refractivity (Wildman–Crippen MR) is 77.7 cm³/mol. The minimum absolute atomic E-state index is 0.291. The molecule has 0 fully saturated rings. The lowest BCUT2D eigenvalue weighted by molar-refractivity contribution is 0.397. The molecule has 0 saturated carbocycles. The van der Waals surface area contributed by atoms with Crippen LogP contribution in [-0.4, -0.2) is 21.3 Å². The number of benzene rings is 2. The molecule has 0 amide bonds. The van der Waals surface area contributed by atoms with Crippen LogP contribution in [0.4, 0.5) is 4.39 Å². The van der Waals surface area contributed by atoms with Gasteiger partial charge in [-0.3, -0.25) is 0 Å². The number of halogens is 1. The molecule has 0 unspecified atom stereocenters. The Morgan fingerprint density at radius 2 is 1.70 bits per heavy atom. The summed E-state index contributed by atoms with van der Waals surface area (Å²) in [5, 5.41) is 3.00. The zero-order valence-corrected chi connectivity index (χ0v) is 11.9. The lowest BCUT2D eigenvalue weighted by atomic mass is 10.0. The van der Waals surface area contributed by atoms with Crippen LogP contribution in [0.3, 0.4) is 0 Å². The first-order valence-corrected chi connectivity index (χ1v) is 6.35. The summed E-state index contributed by atoms with van der Waals surface area (Å²) >= 11 is 0. The molecule has 4 heteroatoms. The third-order valence-corrected chi connectivity index (χ3v) is 3.11. The molecule has 0 radical (unpaired) electrons. The molecule has 0 spiro atoms. The number of methoxy groups -OCH3 is 2. The van der Waals surface area contributed by atoms with Crippen molar-refractivity contribution in [2.75, 3.05) is 21.3 Å². The average molecular weight is 275 g/mol. The molecular weight excluding hydrogens is 257 g/mol. The van der Waals surface area contributed by atoms with Crippen LogP contribution in [0.15, 0.2) is 36.4 Å². The van der Waals surface area contributed by atoms with E-state index in [2.05, 4.69) is 5.32 Å². The Morgan fingerprint density at radius 3 is 2.20 bits per heavy atom. The van der Waals surface area contributed by atoms with Crippen molar-refractivity contribution in [2.24, 2.45) is 0 Å². The van der Waals surface area contributed by atoms with Crippen LogP contribution in [-0.2, 0) is 6.54 Å². The number of nitrogens with one attached hydrogen (secondary N) is 1. The zero-order valence-electron chi connectivity index (χ0n) is 11.9. The largest absolute Gasteiger partial charge is 0.496 e. The first-order chi connectivity index (χ1) is 9.71. The second-order valence-electron chi connectivity index (χ2n) is 4.38. The predicted octanol–water partition coefficient (Wildman–Crippen LogP) is 3.23. The maximum absolute atomic E-state index is 14.4. The van der Waals surface area contributed by atoms with Gasteiger partial charge in [-0.05, 0) is 30.8 Å². The Bertz CT molecular complexity index is 577. The van der Waals surface area contributed by atoms with E-state index in [0.29, 0.717) is 29.2 Å². The molecule has 106 valence electrons. The van der Waals surface area contributed by atoms with E-state index < -0.39 is 0 Å². The average Bonchev–Trinajstić information content (AvgIpc) is 2.47. The second-order valence-corrected chi connectivity index (χ2v) is 4.38. The van der Waals surface area contributed by atoms with E-state index >= 15 is 0 Å². The summed E-state index contributed by atoms with van der Waals surface area (Å²) < 4.78 is 25.0. The van der Waals surface area contributed by atoms with Crippen LogP contribution in [0.5, 0.6) is 11.5 Å². The van der Waals surface area contributed by atoms with Crippen molar-refractivity contribution in [3.05, 3.63) is 47.8 Å². The van der Waals surface area contributed by atoms with Crippen molar-refractivity contribution < 1.29 is 13.9 Å². The van der Waals surface area contributed by atoms with Crippen LogP contribution in [0, 0.1) is 5.82 Å². The Kier molecular flexibility index (Phi) is 4.58. The number of rotatable bonds is 5. The Balaban J connectivity index is 2.56. The van der Waals surface area contributed by atoms with Crippen molar-refractivity contribution in [1.29, 1.82) is 0 Å². The molecule has 0 bridgehead atoms. The van der Waals surface area contributed by atoms with Gasteiger partial charge in [-0.1, -0.05) is 18.2 Å². The van der Waals surface area contributed by atoms with E-state index in [4.69, 9.17) is 9.47 Å². The fourth-order valence-electron chi connectivity index (χ4n) is 2.19. The number of hydrogen-bond donors (Lipinski definition) is 1. The molecule has 1 N–H and O–H groups in total. The van der Waals surface area contributed by atoms with Crippen LogP contribution < -0.4 is 14.8 Å². The second kappa shape index (κ2) is 6.39. The van der Waals surface area contributed by atoms with Crippen molar-refractivity contribution in [1.82, 2.24) is 5.32 Å². The summed E-state index contributed by atoms with van der Waals surface area (Å²) in [5.74, 6) is 0.884. The van der Waals surface area contributed by atoms with E-state index in [1.165, 1.54) is 6.07 Å². The standard InChI is InChI=1S/C16H18FNO2/c1-18-10-11-7-8-12(13(17)9-11)16-14(19-2)5-4-6-15(16)20-3/h4-9,18H,10H2,1-3H3. The van der Waals surface area contributed by atoms with Crippen LogP contribution >= 0.6 is 0 Å². The fourth-order valence-corrected chi connectivity index (χ4v) is 2.19. The van der Waals surface area contributed by atoms with Gasteiger partial charge >= 0.3 is 0 Å². The molecular formula is C16H18FNO2. The quantitative estimate of drug-likeness (QED) is 0.908. The first-order valence-electron chi connectivity index (χ1n) is 6.35. The van der Waals surface area contributed by atoms with Gasteiger partial charge in [0.05, 0.1) is 19.8 Å². The molecule has 0 aliphatic heterocycles. The summed E-state index contributed by atoms with van der Waals surface area (Å²) in [6.45, 7) is 0.625. The highest BCUT2D eigenvalue weighted by molar-refractivity contribution is 5.77. The molecule has 0 saturated heterocycles. The lowest BCUT2D eigenvalue weighted by Gasteiger charge is -2.14. The summed E-state index contributed by atoms with van der Waals surface area (Å²) in [4.78, 5) is 0. The molecule has 2 aromatic carbocycles. The van der Waals surface area contributed by atoms with Crippen molar-refractivity contribution in [3.8, 4) is 22.6 Å². The minimum Gasteiger partial charge on any atom is -0.496 e. The molecule has 0 heterocycles. The molecule has 20 heavy (non-hydrogen) atoms. The monoisotopic (exact) mass is 275 g/mol. The summed E-state index contributed by atoms with van der Waals surface area (Å²) in [5.41, 5.74) is 1.99. The molecule has 0 atom stereocenters. The van der Waals surface area contributed by atoms with Gasteiger partial charge in [0.2, 0.25) is 0 Å². The van der Waals surface area contributed by atoms with E-state index in [9.17, 15) is 4.39 Å². The smallest absolute Gasteiger partial charge is 0.131 e. The third-order valence-electron chi connectivity index (χ3n) is 3.11. The van der Waals surface area contributed by atoms with Crippen molar-refractivity contribution >= 4 is 0 Å².